The van der Waals surface area contributed by atoms with Gasteiger partial charge in [0.2, 0.25) is 5.82 Å². The van der Waals surface area contributed by atoms with Gasteiger partial charge in [0.1, 0.15) is 0 Å². The smallest absolute Gasteiger partial charge is 0.322 e. The quantitative estimate of drug-likeness (QED) is 0.882. The van der Waals surface area contributed by atoms with Crippen LogP contribution in [0.5, 0.6) is 0 Å². The summed E-state index contributed by atoms with van der Waals surface area (Å²) in [6.45, 7) is 0. The van der Waals surface area contributed by atoms with Gasteiger partial charge in [0.25, 0.3) is 0 Å². The second-order valence-electron chi connectivity index (χ2n) is 4.06. The minimum absolute atomic E-state index is 0.0127. The van der Waals surface area contributed by atoms with Crippen LogP contribution in [0.25, 0.3) is 11.4 Å². The minimum Gasteiger partial charge on any atom is -0.335 e. The third-order valence-electron chi connectivity index (χ3n) is 2.61. The predicted molar refractivity (Wildman–Crippen MR) is 64.0 cm³/mol. The van der Waals surface area contributed by atoms with Crippen molar-refractivity contribution in [3.63, 3.8) is 0 Å². The molecular formula is C11H8BrF2N3O. The van der Waals surface area contributed by atoms with Gasteiger partial charge in [-0.05, 0) is 40.9 Å². The van der Waals surface area contributed by atoms with Crippen molar-refractivity contribution >= 4 is 21.9 Å². The number of anilines is 1. The highest BCUT2D eigenvalue weighted by Crippen LogP contribution is 2.31. The first-order valence-corrected chi connectivity index (χ1v) is 6.18. The zero-order valence-electron chi connectivity index (χ0n) is 9.08. The lowest BCUT2D eigenvalue weighted by Gasteiger charge is -2.01. The standard InChI is InChI=1S/C11H8BrF2N3O/c12-8-6(3-4-7(13)9(8)14)10-16-11(18-17-10)15-5-1-2-5/h3-5H,1-2H2,(H,15,16,17). The number of nitrogens with one attached hydrogen (secondary N) is 1. The van der Waals surface area contributed by atoms with Crippen LogP contribution in [0, 0.1) is 11.6 Å². The molecule has 3 rings (SSSR count). The lowest BCUT2D eigenvalue weighted by Crippen LogP contribution is -2.00. The van der Waals surface area contributed by atoms with Crippen LogP contribution in [-0.2, 0) is 0 Å². The van der Waals surface area contributed by atoms with E-state index in [0.717, 1.165) is 18.9 Å². The van der Waals surface area contributed by atoms with Crippen LogP contribution in [0.4, 0.5) is 14.8 Å². The average molecular weight is 316 g/mol. The lowest BCUT2D eigenvalue weighted by atomic mass is 10.2. The first kappa shape index (κ1) is 11.6. The summed E-state index contributed by atoms with van der Waals surface area (Å²) < 4.78 is 31.3. The molecule has 1 aromatic heterocycles. The van der Waals surface area contributed by atoms with Gasteiger partial charge in [-0.2, -0.15) is 4.98 Å². The molecule has 0 aliphatic heterocycles. The van der Waals surface area contributed by atoms with E-state index < -0.39 is 11.6 Å². The molecule has 1 fully saturated rings. The van der Waals surface area contributed by atoms with E-state index in [2.05, 4.69) is 31.4 Å². The zero-order chi connectivity index (χ0) is 12.7. The molecule has 1 aliphatic rings. The van der Waals surface area contributed by atoms with Gasteiger partial charge in [-0.3, -0.25) is 0 Å². The Kier molecular flexibility index (Phi) is 2.77. The Hall–Kier alpha value is -1.50. The third kappa shape index (κ3) is 2.10. The SMILES string of the molecule is Fc1ccc(-c2noc(NC3CC3)n2)c(Br)c1F. The van der Waals surface area contributed by atoms with E-state index in [1.807, 2.05) is 0 Å². The van der Waals surface area contributed by atoms with Gasteiger partial charge >= 0.3 is 6.01 Å². The maximum Gasteiger partial charge on any atom is 0.322 e. The van der Waals surface area contributed by atoms with E-state index in [4.69, 9.17) is 4.52 Å². The molecule has 2 aromatic rings. The lowest BCUT2D eigenvalue weighted by molar-refractivity contribution is 0.431. The number of hydrogen-bond donors (Lipinski definition) is 1. The van der Waals surface area contributed by atoms with Crippen LogP contribution < -0.4 is 5.32 Å². The predicted octanol–water partition coefficient (Wildman–Crippen LogP) is 3.35. The van der Waals surface area contributed by atoms with Gasteiger partial charge in [-0.15, -0.1) is 0 Å². The van der Waals surface area contributed by atoms with Crippen molar-refractivity contribution < 1.29 is 13.3 Å². The Bertz CT molecular complexity index is 598. The highest BCUT2D eigenvalue weighted by atomic mass is 79.9. The molecule has 4 nitrogen and oxygen atoms in total. The van der Waals surface area contributed by atoms with Crippen molar-refractivity contribution in [3.05, 3.63) is 28.2 Å². The maximum absolute atomic E-state index is 13.4. The fraction of sp³-hybridized carbons (Fsp3) is 0.273. The maximum atomic E-state index is 13.4. The summed E-state index contributed by atoms with van der Waals surface area (Å²) in [6.07, 6.45) is 2.15. The topological polar surface area (TPSA) is 51.0 Å². The van der Waals surface area contributed by atoms with E-state index in [0.29, 0.717) is 17.6 Å². The second-order valence-corrected chi connectivity index (χ2v) is 4.86. The third-order valence-corrected chi connectivity index (χ3v) is 3.38. The fourth-order valence-corrected chi connectivity index (χ4v) is 1.99. The summed E-state index contributed by atoms with van der Waals surface area (Å²) in [5.41, 5.74) is 0.349. The van der Waals surface area contributed by atoms with Gasteiger partial charge in [0, 0.05) is 11.6 Å². The molecule has 0 unspecified atom stereocenters. The van der Waals surface area contributed by atoms with Gasteiger partial charge in [0.05, 0.1) is 4.47 Å². The van der Waals surface area contributed by atoms with Gasteiger partial charge in [0.15, 0.2) is 11.6 Å². The molecule has 7 heteroatoms. The van der Waals surface area contributed by atoms with E-state index in [1.165, 1.54) is 6.07 Å². The summed E-state index contributed by atoms with van der Waals surface area (Å²) in [5.74, 6) is -1.68. The van der Waals surface area contributed by atoms with E-state index in [1.54, 1.807) is 0 Å². The van der Waals surface area contributed by atoms with Crippen molar-refractivity contribution in [2.75, 3.05) is 5.32 Å². The molecule has 0 amide bonds. The number of benzene rings is 1. The van der Waals surface area contributed by atoms with Crippen molar-refractivity contribution in [1.82, 2.24) is 10.1 Å². The van der Waals surface area contributed by atoms with Crippen LogP contribution in [0.1, 0.15) is 12.8 Å². The Morgan fingerprint density at radius 2 is 2.11 bits per heavy atom. The van der Waals surface area contributed by atoms with Crippen molar-refractivity contribution in [3.8, 4) is 11.4 Å². The monoisotopic (exact) mass is 315 g/mol. The van der Waals surface area contributed by atoms with Crippen LogP contribution in [0.3, 0.4) is 0 Å². The van der Waals surface area contributed by atoms with Gasteiger partial charge in [-0.1, -0.05) is 5.16 Å². The zero-order valence-corrected chi connectivity index (χ0v) is 10.7. The molecule has 1 saturated carbocycles. The Morgan fingerprint density at radius 3 is 2.83 bits per heavy atom. The van der Waals surface area contributed by atoms with Crippen molar-refractivity contribution in [1.29, 1.82) is 0 Å². The van der Waals surface area contributed by atoms with Crippen LogP contribution in [0.15, 0.2) is 21.1 Å². The first-order chi connectivity index (χ1) is 8.65. The highest BCUT2D eigenvalue weighted by molar-refractivity contribution is 9.10. The Morgan fingerprint density at radius 1 is 1.33 bits per heavy atom. The molecule has 1 aromatic carbocycles. The first-order valence-electron chi connectivity index (χ1n) is 5.39. The molecule has 0 atom stereocenters. The van der Waals surface area contributed by atoms with Crippen LogP contribution in [0.2, 0.25) is 0 Å². The second kappa shape index (κ2) is 4.31. The Labute approximate surface area is 110 Å². The number of aromatic nitrogens is 2. The fourth-order valence-electron chi connectivity index (χ4n) is 1.49. The summed E-state index contributed by atoms with van der Waals surface area (Å²) in [4.78, 5) is 4.08. The molecule has 0 radical (unpaired) electrons. The van der Waals surface area contributed by atoms with E-state index in [9.17, 15) is 8.78 Å². The largest absolute Gasteiger partial charge is 0.335 e. The molecule has 18 heavy (non-hydrogen) atoms. The van der Waals surface area contributed by atoms with Gasteiger partial charge in [-0.25, -0.2) is 8.78 Å². The molecule has 1 heterocycles. The normalized spacial score (nSPS) is 14.8. The van der Waals surface area contributed by atoms with Crippen LogP contribution >= 0.6 is 15.9 Å². The van der Waals surface area contributed by atoms with Crippen LogP contribution in [-0.4, -0.2) is 16.2 Å². The molecule has 1 N–H and O–H groups in total. The molecule has 0 saturated heterocycles. The molecule has 94 valence electrons. The van der Waals surface area contributed by atoms with Gasteiger partial charge < -0.3 is 9.84 Å². The average Bonchev–Trinajstić information content (AvgIpc) is 3.04. The minimum atomic E-state index is -0.964. The number of hydrogen-bond acceptors (Lipinski definition) is 4. The Balaban J connectivity index is 1.93. The number of halogens is 3. The molecule has 1 aliphatic carbocycles. The van der Waals surface area contributed by atoms with E-state index >= 15 is 0 Å². The highest BCUT2D eigenvalue weighted by Gasteiger charge is 2.24. The summed E-state index contributed by atoms with van der Waals surface area (Å²) in [5, 5.41) is 6.76. The summed E-state index contributed by atoms with van der Waals surface area (Å²) in [6, 6.07) is 3.10. The number of rotatable bonds is 3. The molecule has 0 bridgehead atoms. The van der Waals surface area contributed by atoms with E-state index in [-0.39, 0.29) is 10.3 Å². The van der Waals surface area contributed by atoms with Crippen molar-refractivity contribution in [2.24, 2.45) is 0 Å². The molecule has 0 spiro atoms. The molecular weight excluding hydrogens is 308 g/mol. The number of nitrogens with zero attached hydrogens (tertiary/aromatic N) is 2. The summed E-state index contributed by atoms with van der Waals surface area (Å²) >= 11 is 2.98. The van der Waals surface area contributed by atoms with Crippen molar-refractivity contribution in [2.45, 2.75) is 18.9 Å². The summed E-state index contributed by atoms with van der Waals surface area (Å²) in [7, 11) is 0.